The number of ether oxygens (including phenoxy) is 2. The zero-order valence-electron chi connectivity index (χ0n) is 19.2. The number of carbonyl (C=O) groups excluding carboxylic acids is 2. The lowest BCUT2D eigenvalue weighted by Gasteiger charge is -2.31. The summed E-state index contributed by atoms with van der Waals surface area (Å²) < 4.78 is 50.0. The van der Waals surface area contributed by atoms with Gasteiger partial charge < -0.3 is 19.7 Å². The Morgan fingerprint density at radius 3 is 2.24 bits per heavy atom. The number of methoxy groups -OCH3 is 2. The Morgan fingerprint density at radius 2 is 1.73 bits per heavy atom. The molecule has 0 spiro atoms. The molecule has 1 N–H and O–H groups in total. The van der Waals surface area contributed by atoms with Gasteiger partial charge in [0.1, 0.15) is 29.9 Å². The van der Waals surface area contributed by atoms with Gasteiger partial charge in [-0.15, -0.1) is 0 Å². The number of rotatable bonds is 10. The summed E-state index contributed by atoms with van der Waals surface area (Å²) in [5.41, 5.74) is 0.687. The molecule has 2 aromatic carbocycles. The Balaban J connectivity index is 2.46. The summed E-state index contributed by atoms with van der Waals surface area (Å²) in [6.07, 6.45) is 0.964. The molecule has 0 saturated carbocycles. The molecule has 0 heterocycles. The van der Waals surface area contributed by atoms with E-state index in [4.69, 9.17) is 9.47 Å². The fourth-order valence-corrected chi connectivity index (χ4v) is 4.01. The molecule has 11 heteroatoms. The van der Waals surface area contributed by atoms with Crippen molar-refractivity contribution in [2.24, 2.45) is 0 Å². The van der Waals surface area contributed by atoms with Crippen LogP contribution in [0.3, 0.4) is 0 Å². The first-order chi connectivity index (χ1) is 15.5. The van der Waals surface area contributed by atoms with Crippen molar-refractivity contribution in [2.75, 3.05) is 38.4 Å². The number of amides is 2. The number of hydrogen-bond donors (Lipinski definition) is 1. The molecule has 0 fully saturated rings. The van der Waals surface area contributed by atoms with E-state index < -0.39 is 40.2 Å². The summed E-state index contributed by atoms with van der Waals surface area (Å²) in [5, 5.41) is 2.48. The lowest BCUT2D eigenvalue weighted by molar-refractivity contribution is -0.139. The average Bonchev–Trinajstić information content (AvgIpc) is 2.79. The van der Waals surface area contributed by atoms with Gasteiger partial charge >= 0.3 is 0 Å². The van der Waals surface area contributed by atoms with Crippen LogP contribution in [0.2, 0.25) is 0 Å². The van der Waals surface area contributed by atoms with Crippen molar-refractivity contribution in [3.63, 3.8) is 0 Å². The van der Waals surface area contributed by atoms with Crippen molar-refractivity contribution in [1.29, 1.82) is 0 Å². The highest BCUT2D eigenvalue weighted by Crippen LogP contribution is 2.33. The van der Waals surface area contributed by atoms with Crippen molar-refractivity contribution in [3.8, 4) is 11.5 Å². The van der Waals surface area contributed by atoms with Crippen LogP contribution in [0.4, 0.5) is 10.1 Å². The number of benzene rings is 2. The summed E-state index contributed by atoms with van der Waals surface area (Å²) in [6, 6.07) is 9.12. The maximum absolute atomic E-state index is 13.4. The van der Waals surface area contributed by atoms with Gasteiger partial charge in [0.15, 0.2) is 0 Å². The van der Waals surface area contributed by atoms with Crippen LogP contribution in [0.1, 0.15) is 12.5 Å². The molecule has 1 unspecified atom stereocenters. The SMILES string of the molecule is CNC(=O)C(C)N(Cc1ccc(F)cc1)C(=O)CN(c1cc(OC)ccc1OC)S(C)(=O)=O. The average molecular weight is 482 g/mol. The molecule has 33 heavy (non-hydrogen) atoms. The highest BCUT2D eigenvalue weighted by molar-refractivity contribution is 7.92. The molecule has 1 atom stereocenters. The minimum absolute atomic E-state index is 0.0272. The summed E-state index contributed by atoms with van der Waals surface area (Å²) in [7, 11) is 0.305. The number of anilines is 1. The molecule has 0 aliphatic rings. The van der Waals surface area contributed by atoms with Gasteiger partial charge in [-0.05, 0) is 36.8 Å². The third kappa shape index (κ3) is 6.58. The van der Waals surface area contributed by atoms with Gasteiger partial charge in [-0.3, -0.25) is 13.9 Å². The minimum atomic E-state index is -3.93. The number of hydrogen-bond acceptors (Lipinski definition) is 6. The second-order valence-corrected chi connectivity index (χ2v) is 9.15. The number of sulfonamides is 1. The van der Waals surface area contributed by atoms with Crippen LogP contribution in [0, 0.1) is 5.82 Å². The fourth-order valence-electron chi connectivity index (χ4n) is 3.16. The Kier molecular flexibility index (Phi) is 8.63. The van der Waals surface area contributed by atoms with E-state index in [0.29, 0.717) is 11.3 Å². The highest BCUT2D eigenvalue weighted by Gasteiger charge is 2.31. The van der Waals surface area contributed by atoms with E-state index in [-0.39, 0.29) is 18.0 Å². The molecule has 0 saturated heterocycles. The fraction of sp³-hybridized carbons (Fsp3) is 0.364. The molecule has 180 valence electrons. The van der Waals surface area contributed by atoms with Crippen LogP contribution in [0.25, 0.3) is 0 Å². The zero-order chi connectivity index (χ0) is 24.8. The zero-order valence-corrected chi connectivity index (χ0v) is 20.0. The number of halogens is 1. The Bertz CT molecular complexity index is 1090. The van der Waals surface area contributed by atoms with E-state index in [9.17, 15) is 22.4 Å². The van der Waals surface area contributed by atoms with Crippen LogP contribution >= 0.6 is 0 Å². The lowest BCUT2D eigenvalue weighted by atomic mass is 10.1. The summed E-state index contributed by atoms with van der Waals surface area (Å²) in [5.74, 6) is -0.919. The second kappa shape index (κ2) is 11.0. The van der Waals surface area contributed by atoms with Crippen molar-refractivity contribution < 1.29 is 31.9 Å². The van der Waals surface area contributed by atoms with E-state index in [0.717, 1.165) is 10.6 Å². The molecule has 0 aliphatic heterocycles. The Labute approximate surface area is 193 Å². The predicted molar refractivity (Wildman–Crippen MR) is 122 cm³/mol. The minimum Gasteiger partial charge on any atom is -0.497 e. The first-order valence-corrected chi connectivity index (χ1v) is 11.8. The molecule has 9 nitrogen and oxygen atoms in total. The van der Waals surface area contributed by atoms with Gasteiger partial charge in [0.2, 0.25) is 21.8 Å². The van der Waals surface area contributed by atoms with Gasteiger partial charge in [0.25, 0.3) is 0 Å². The van der Waals surface area contributed by atoms with Crippen molar-refractivity contribution in [2.45, 2.75) is 19.5 Å². The van der Waals surface area contributed by atoms with Gasteiger partial charge in [-0.25, -0.2) is 12.8 Å². The quantitative estimate of drug-likeness (QED) is 0.555. The maximum atomic E-state index is 13.4. The molecule has 0 radical (unpaired) electrons. The smallest absolute Gasteiger partial charge is 0.244 e. The number of likely N-dealkylation sites (N-methyl/N-ethyl adjacent to an activating group) is 1. The molecule has 0 aliphatic carbocycles. The third-order valence-corrected chi connectivity index (χ3v) is 6.14. The summed E-state index contributed by atoms with van der Waals surface area (Å²) in [6.45, 7) is 0.905. The summed E-state index contributed by atoms with van der Waals surface area (Å²) >= 11 is 0. The van der Waals surface area contributed by atoms with Crippen molar-refractivity contribution in [3.05, 3.63) is 53.8 Å². The molecule has 2 aromatic rings. The van der Waals surface area contributed by atoms with Gasteiger partial charge in [-0.1, -0.05) is 12.1 Å². The predicted octanol–water partition coefficient (Wildman–Crippen LogP) is 1.77. The van der Waals surface area contributed by atoms with E-state index in [2.05, 4.69) is 5.32 Å². The topological polar surface area (TPSA) is 105 Å². The van der Waals surface area contributed by atoms with Crippen molar-refractivity contribution >= 4 is 27.5 Å². The van der Waals surface area contributed by atoms with Crippen molar-refractivity contribution in [1.82, 2.24) is 10.2 Å². The van der Waals surface area contributed by atoms with Crippen LogP contribution in [-0.4, -0.2) is 65.2 Å². The third-order valence-electron chi connectivity index (χ3n) is 5.01. The summed E-state index contributed by atoms with van der Waals surface area (Å²) in [4.78, 5) is 26.9. The van der Waals surface area contributed by atoms with Crippen LogP contribution in [-0.2, 0) is 26.2 Å². The number of carbonyl (C=O) groups is 2. The lowest BCUT2D eigenvalue weighted by Crippen LogP contribution is -2.50. The maximum Gasteiger partial charge on any atom is 0.244 e. The van der Waals surface area contributed by atoms with Crippen LogP contribution in [0.5, 0.6) is 11.5 Å². The monoisotopic (exact) mass is 481 g/mol. The molecule has 0 bridgehead atoms. The first-order valence-electron chi connectivity index (χ1n) is 9.97. The van der Waals surface area contributed by atoms with Crippen LogP contribution in [0.15, 0.2) is 42.5 Å². The van der Waals surface area contributed by atoms with Gasteiger partial charge in [0, 0.05) is 19.7 Å². The normalized spacial score (nSPS) is 11.9. The second-order valence-electron chi connectivity index (χ2n) is 7.25. The van der Waals surface area contributed by atoms with Gasteiger partial charge in [0.05, 0.1) is 26.2 Å². The van der Waals surface area contributed by atoms with E-state index in [1.165, 1.54) is 69.5 Å². The molecule has 2 rings (SSSR count). The first kappa shape index (κ1) is 25.9. The Morgan fingerprint density at radius 1 is 1.09 bits per heavy atom. The number of nitrogens with one attached hydrogen (secondary N) is 1. The molecule has 2 amide bonds. The van der Waals surface area contributed by atoms with E-state index in [1.54, 1.807) is 6.07 Å². The molecular weight excluding hydrogens is 453 g/mol. The number of nitrogens with zero attached hydrogens (tertiary/aromatic N) is 2. The largest absolute Gasteiger partial charge is 0.497 e. The Hall–Kier alpha value is -3.34. The standard InChI is InChI=1S/C22H28FN3O6S/c1-15(22(28)24-2)25(13-16-6-8-17(23)9-7-16)21(27)14-26(33(5,29)30)19-12-18(31-3)10-11-20(19)32-4/h6-12,15H,13-14H2,1-5H3,(H,24,28). The highest BCUT2D eigenvalue weighted by atomic mass is 32.2. The van der Waals surface area contributed by atoms with E-state index >= 15 is 0 Å². The van der Waals surface area contributed by atoms with Crippen LogP contribution < -0.4 is 19.1 Å². The van der Waals surface area contributed by atoms with E-state index in [1.807, 2.05) is 0 Å². The molecule has 0 aromatic heterocycles. The molecular formula is C22H28FN3O6S. The van der Waals surface area contributed by atoms with Gasteiger partial charge in [-0.2, -0.15) is 0 Å².